The molecule has 1 N–H and O–H groups in total. The van der Waals surface area contributed by atoms with Gasteiger partial charge in [-0.15, -0.1) is 0 Å². The average Bonchev–Trinajstić information content (AvgIpc) is 3.40. The molecule has 0 fully saturated rings. The van der Waals surface area contributed by atoms with Crippen LogP contribution in [0.3, 0.4) is 0 Å². The molecule has 35 heavy (non-hydrogen) atoms. The number of hydrogen-bond acceptors (Lipinski definition) is 3. The average molecular weight is 478 g/mol. The third-order valence-electron chi connectivity index (χ3n) is 6.13. The lowest BCUT2D eigenvalue weighted by molar-refractivity contribution is -0.271. The van der Waals surface area contributed by atoms with Gasteiger partial charge >= 0.3 is 6.18 Å². The number of fused-ring (bicyclic) bond motifs is 2. The molecule has 0 bridgehead atoms. The zero-order chi connectivity index (χ0) is 24.8. The fraction of sp³-hybridized carbons (Fsp3) is 0.154. The maximum Gasteiger partial charge on any atom is 0.423 e. The van der Waals surface area contributed by atoms with Crippen LogP contribution in [0, 0.1) is 17.1 Å². The van der Waals surface area contributed by atoms with Crippen molar-refractivity contribution >= 4 is 21.8 Å². The molecule has 0 aliphatic heterocycles. The number of hydrogen-bond donors (Lipinski definition) is 1. The molecule has 5 aromatic rings. The number of benzene rings is 3. The molecular formula is C26H18F4N4O. The molecule has 176 valence electrons. The lowest BCUT2D eigenvalue weighted by Gasteiger charge is -2.32. The Kier molecular flexibility index (Phi) is 5.33. The molecule has 0 aliphatic rings. The second kappa shape index (κ2) is 8.25. The predicted octanol–water partition coefficient (Wildman–Crippen LogP) is 5.64. The van der Waals surface area contributed by atoms with Crippen LogP contribution in [0.5, 0.6) is 0 Å². The summed E-state index contributed by atoms with van der Waals surface area (Å²) < 4.78 is 59.2. The second-order valence-corrected chi connectivity index (χ2v) is 8.30. The summed E-state index contributed by atoms with van der Waals surface area (Å²) >= 11 is 0. The van der Waals surface area contributed by atoms with Crippen molar-refractivity contribution in [3.8, 4) is 11.8 Å². The summed E-state index contributed by atoms with van der Waals surface area (Å²) in [6.45, 7) is -0.792. The first-order chi connectivity index (χ1) is 16.7. The van der Waals surface area contributed by atoms with E-state index in [1.54, 1.807) is 24.3 Å². The number of aromatic nitrogens is 3. The van der Waals surface area contributed by atoms with E-state index in [0.717, 1.165) is 0 Å². The van der Waals surface area contributed by atoms with Crippen LogP contribution in [0.25, 0.3) is 27.5 Å². The maximum absolute atomic E-state index is 14.4. The Morgan fingerprint density at radius 3 is 2.43 bits per heavy atom. The van der Waals surface area contributed by atoms with Crippen molar-refractivity contribution in [2.75, 3.05) is 0 Å². The molecule has 0 spiro atoms. The van der Waals surface area contributed by atoms with Gasteiger partial charge in [0.05, 0.1) is 36.4 Å². The van der Waals surface area contributed by atoms with Gasteiger partial charge in [0.15, 0.2) is 0 Å². The number of alkyl halides is 3. The highest BCUT2D eigenvalue weighted by atomic mass is 19.4. The van der Waals surface area contributed by atoms with Crippen molar-refractivity contribution in [3.63, 3.8) is 0 Å². The lowest BCUT2D eigenvalue weighted by atomic mass is 9.91. The van der Waals surface area contributed by atoms with Crippen molar-refractivity contribution in [1.29, 1.82) is 5.26 Å². The minimum atomic E-state index is -4.99. The minimum absolute atomic E-state index is 0.0342. The minimum Gasteiger partial charge on any atom is -0.375 e. The number of halogens is 4. The van der Waals surface area contributed by atoms with E-state index in [1.807, 2.05) is 6.07 Å². The number of rotatable bonds is 5. The summed E-state index contributed by atoms with van der Waals surface area (Å²) in [6, 6.07) is 18.3. The number of para-hydroxylation sites is 1. The number of aliphatic hydroxyl groups is 1. The molecule has 2 heterocycles. The van der Waals surface area contributed by atoms with Gasteiger partial charge in [-0.2, -0.15) is 23.5 Å². The fourth-order valence-corrected chi connectivity index (χ4v) is 4.35. The van der Waals surface area contributed by atoms with Crippen LogP contribution < -0.4 is 0 Å². The molecule has 1 atom stereocenters. The maximum atomic E-state index is 14.4. The Labute approximate surface area is 197 Å². The van der Waals surface area contributed by atoms with Crippen molar-refractivity contribution in [3.05, 3.63) is 96.1 Å². The van der Waals surface area contributed by atoms with Crippen molar-refractivity contribution in [2.24, 2.45) is 0 Å². The first-order valence-electron chi connectivity index (χ1n) is 10.7. The van der Waals surface area contributed by atoms with Gasteiger partial charge in [0, 0.05) is 22.5 Å². The SMILES string of the molecule is N#CCc1cn(CC(O)(c2ccc3c(cnn3-c3ccc(F)cc3)c2)C(F)(F)F)c2ccccc12. The number of nitrogens with zero attached hydrogens (tertiary/aromatic N) is 4. The van der Waals surface area contributed by atoms with E-state index in [2.05, 4.69) is 5.10 Å². The molecule has 2 aromatic heterocycles. The largest absolute Gasteiger partial charge is 0.423 e. The van der Waals surface area contributed by atoms with Crippen LogP contribution in [0.2, 0.25) is 0 Å². The van der Waals surface area contributed by atoms with Gasteiger partial charge in [0.1, 0.15) is 5.82 Å². The molecule has 5 rings (SSSR count). The van der Waals surface area contributed by atoms with Crippen LogP contribution in [-0.2, 0) is 18.6 Å². The van der Waals surface area contributed by atoms with Gasteiger partial charge in [0.2, 0.25) is 5.60 Å². The van der Waals surface area contributed by atoms with E-state index in [9.17, 15) is 22.7 Å². The lowest BCUT2D eigenvalue weighted by Crippen LogP contribution is -2.45. The van der Waals surface area contributed by atoms with E-state index in [0.29, 0.717) is 33.1 Å². The van der Waals surface area contributed by atoms with Crippen LogP contribution in [0.15, 0.2) is 79.1 Å². The Hall–Kier alpha value is -4.16. The molecule has 0 saturated carbocycles. The van der Waals surface area contributed by atoms with Gasteiger partial charge < -0.3 is 9.67 Å². The molecule has 3 aromatic carbocycles. The van der Waals surface area contributed by atoms with Crippen molar-refractivity contribution in [1.82, 2.24) is 14.3 Å². The smallest absolute Gasteiger partial charge is 0.375 e. The molecule has 1 unspecified atom stereocenters. The first kappa shape index (κ1) is 22.6. The highest BCUT2D eigenvalue weighted by Crippen LogP contribution is 2.42. The monoisotopic (exact) mass is 478 g/mol. The Morgan fingerprint density at radius 1 is 0.971 bits per heavy atom. The Morgan fingerprint density at radius 2 is 1.71 bits per heavy atom. The third-order valence-corrected chi connectivity index (χ3v) is 6.13. The fourth-order valence-electron chi connectivity index (χ4n) is 4.35. The highest BCUT2D eigenvalue weighted by molar-refractivity contribution is 5.84. The third kappa shape index (κ3) is 3.82. The molecular weight excluding hydrogens is 460 g/mol. The van der Waals surface area contributed by atoms with Crippen LogP contribution in [0.4, 0.5) is 17.6 Å². The van der Waals surface area contributed by atoms with Crippen molar-refractivity contribution < 1.29 is 22.7 Å². The molecule has 9 heteroatoms. The zero-order valence-electron chi connectivity index (χ0n) is 18.2. The van der Waals surface area contributed by atoms with Crippen LogP contribution in [0.1, 0.15) is 11.1 Å². The summed E-state index contributed by atoms with van der Waals surface area (Å²) in [4.78, 5) is 0. The van der Waals surface area contributed by atoms with E-state index >= 15 is 0 Å². The molecule has 0 radical (unpaired) electrons. The van der Waals surface area contributed by atoms with E-state index in [1.165, 1.54) is 64.1 Å². The topological polar surface area (TPSA) is 66.8 Å². The zero-order valence-corrected chi connectivity index (χ0v) is 18.2. The predicted molar refractivity (Wildman–Crippen MR) is 122 cm³/mol. The van der Waals surface area contributed by atoms with Gasteiger partial charge in [-0.1, -0.05) is 24.3 Å². The van der Waals surface area contributed by atoms with E-state index < -0.39 is 24.1 Å². The summed E-state index contributed by atoms with van der Waals surface area (Å²) in [5.41, 5.74) is -1.41. The van der Waals surface area contributed by atoms with E-state index in [4.69, 9.17) is 5.26 Å². The van der Waals surface area contributed by atoms with E-state index in [-0.39, 0.29) is 12.0 Å². The van der Waals surface area contributed by atoms with Crippen molar-refractivity contribution in [2.45, 2.75) is 24.7 Å². The summed E-state index contributed by atoms with van der Waals surface area (Å²) in [5, 5.41) is 25.5. The quantitative estimate of drug-likeness (QED) is 0.333. The van der Waals surface area contributed by atoms with Crippen LogP contribution >= 0.6 is 0 Å². The van der Waals surface area contributed by atoms with Gasteiger partial charge in [-0.25, -0.2) is 9.07 Å². The Bertz CT molecular complexity index is 1580. The van der Waals surface area contributed by atoms with Crippen LogP contribution in [-0.4, -0.2) is 25.6 Å². The van der Waals surface area contributed by atoms with Gasteiger partial charge in [-0.3, -0.25) is 0 Å². The second-order valence-electron chi connectivity index (χ2n) is 8.30. The first-order valence-corrected chi connectivity index (χ1v) is 10.7. The standard InChI is InChI=1S/C26H18F4N4O/c27-20-6-8-21(9-7-20)34-23-10-5-19(13-18(23)14-32-34)25(35,26(28,29)30)16-33-15-17(11-12-31)22-3-1-2-4-24(22)33/h1-10,13-15,35H,11,16H2. The molecule has 0 saturated heterocycles. The normalized spacial score (nSPS) is 13.7. The summed E-state index contributed by atoms with van der Waals surface area (Å²) in [5.74, 6) is -0.418. The summed E-state index contributed by atoms with van der Waals surface area (Å²) in [7, 11) is 0. The highest BCUT2D eigenvalue weighted by Gasteiger charge is 2.55. The molecule has 5 nitrogen and oxygen atoms in total. The molecule has 0 amide bonds. The van der Waals surface area contributed by atoms with Gasteiger partial charge in [0.25, 0.3) is 0 Å². The van der Waals surface area contributed by atoms with Gasteiger partial charge in [-0.05, 0) is 53.6 Å². The Balaban J connectivity index is 1.60. The molecule has 0 aliphatic carbocycles. The summed E-state index contributed by atoms with van der Waals surface area (Å²) in [6.07, 6.45) is -2.08. The number of nitriles is 1.